The molecular formula is C11H13F3N4O2. The molecular weight excluding hydrogens is 277 g/mol. The monoisotopic (exact) mass is 290 g/mol. The summed E-state index contributed by atoms with van der Waals surface area (Å²) >= 11 is 0. The van der Waals surface area contributed by atoms with Gasteiger partial charge >= 0.3 is 18.2 Å². The Morgan fingerprint density at radius 1 is 1.60 bits per heavy atom. The van der Waals surface area contributed by atoms with Gasteiger partial charge in [0.2, 0.25) is 0 Å². The minimum atomic E-state index is -4.60. The zero-order chi connectivity index (χ0) is 14.5. The molecule has 3 rings (SSSR count). The molecule has 0 radical (unpaired) electrons. The first-order valence-electron chi connectivity index (χ1n) is 6.15. The summed E-state index contributed by atoms with van der Waals surface area (Å²) in [6.45, 7) is 0.908. The van der Waals surface area contributed by atoms with Gasteiger partial charge in [0.25, 0.3) is 0 Å². The van der Waals surface area contributed by atoms with Crippen molar-refractivity contribution in [2.45, 2.75) is 24.6 Å². The number of anilines is 1. The number of hydrogen-bond acceptors (Lipinski definition) is 4. The molecule has 1 aromatic heterocycles. The third-order valence-corrected chi connectivity index (χ3v) is 3.99. The Hall–Kier alpha value is -1.77. The number of nitrogens with two attached hydrogens (primary N) is 1. The fourth-order valence-corrected chi connectivity index (χ4v) is 2.67. The number of halogens is 3. The van der Waals surface area contributed by atoms with Gasteiger partial charge in [0.05, 0.1) is 0 Å². The molecule has 0 bridgehead atoms. The van der Waals surface area contributed by atoms with Gasteiger partial charge in [0.1, 0.15) is 6.26 Å². The molecule has 1 saturated heterocycles. The van der Waals surface area contributed by atoms with Crippen molar-refractivity contribution in [3.05, 3.63) is 12.0 Å². The van der Waals surface area contributed by atoms with E-state index in [9.17, 15) is 18.0 Å². The highest BCUT2D eigenvalue weighted by Crippen LogP contribution is 2.42. The van der Waals surface area contributed by atoms with E-state index in [2.05, 4.69) is 14.7 Å². The van der Waals surface area contributed by atoms with Crippen molar-refractivity contribution in [1.82, 2.24) is 9.88 Å². The average Bonchev–Trinajstić information content (AvgIpc) is 2.87. The first-order valence-corrected chi connectivity index (χ1v) is 6.15. The summed E-state index contributed by atoms with van der Waals surface area (Å²) in [6, 6.07) is -1.01. The first-order chi connectivity index (χ1) is 9.28. The molecule has 2 heterocycles. The maximum absolute atomic E-state index is 12.3. The number of nitrogens with zero attached hydrogens (tertiary/aromatic N) is 2. The van der Waals surface area contributed by atoms with E-state index in [4.69, 9.17) is 5.73 Å². The molecule has 1 saturated carbocycles. The normalized spacial score (nSPS) is 29.0. The van der Waals surface area contributed by atoms with Crippen LogP contribution >= 0.6 is 0 Å². The Kier molecular flexibility index (Phi) is 2.72. The number of nitrogens with one attached hydrogen (secondary N) is 1. The maximum atomic E-state index is 12.3. The van der Waals surface area contributed by atoms with Gasteiger partial charge < -0.3 is 15.1 Å². The standard InChI is InChI=1S/C11H13F3N4O2/c12-11(13,14)7-4-20-8(16-7)17-9(19)18-3-6-1-2-10(6,15)5-18/h4,6H,1-3,5,15H2,(H,16,17,19)/t6-,10-/m0/s1. The van der Waals surface area contributed by atoms with E-state index in [1.54, 1.807) is 0 Å². The number of carbonyl (C=O) groups excluding carboxylic acids is 1. The third kappa shape index (κ3) is 2.11. The molecule has 2 fully saturated rings. The number of hydrogen-bond donors (Lipinski definition) is 2. The number of aromatic nitrogens is 1. The highest BCUT2D eigenvalue weighted by Gasteiger charge is 2.51. The molecule has 0 aromatic carbocycles. The molecule has 20 heavy (non-hydrogen) atoms. The van der Waals surface area contributed by atoms with Crippen LogP contribution in [-0.4, -0.2) is 34.5 Å². The fourth-order valence-electron chi connectivity index (χ4n) is 2.67. The van der Waals surface area contributed by atoms with Crippen molar-refractivity contribution in [3.8, 4) is 0 Å². The van der Waals surface area contributed by atoms with Gasteiger partial charge in [-0.2, -0.15) is 18.2 Å². The Bertz CT molecular complexity index is 544. The zero-order valence-corrected chi connectivity index (χ0v) is 10.4. The average molecular weight is 290 g/mol. The van der Waals surface area contributed by atoms with Crippen LogP contribution in [-0.2, 0) is 6.18 Å². The molecule has 1 aliphatic heterocycles. The molecule has 0 spiro atoms. The Balaban J connectivity index is 1.64. The molecule has 1 aliphatic carbocycles. The van der Waals surface area contributed by atoms with Crippen molar-refractivity contribution in [2.75, 3.05) is 18.4 Å². The Morgan fingerprint density at radius 2 is 2.35 bits per heavy atom. The number of carbonyl (C=O) groups is 1. The number of likely N-dealkylation sites (tertiary alicyclic amines) is 1. The largest absolute Gasteiger partial charge is 0.436 e. The third-order valence-electron chi connectivity index (χ3n) is 3.99. The van der Waals surface area contributed by atoms with Gasteiger partial charge in [-0.3, -0.25) is 5.32 Å². The molecule has 9 heteroatoms. The van der Waals surface area contributed by atoms with Gasteiger partial charge in [-0.1, -0.05) is 0 Å². The summed E-state index contributed by atoms with van der Waals surface area (Å²) in [5.41, 5.74) is 4.56. The zero-order valence-electron chi connectivity index (χ0n) is 10.4. The van der Waals surface area contributed by atoms with Crippen LogP contribution in [0.2, 0.25) is 0 Å². The molecule has 2 atom stereocenters. The number of amides is 2. The van der Waals surface area contributed by atoms with E-state index in [0.717, 1.165) is 12.8 Å². The predicted molar refractivity (Wildman–Crippen MR) is 61.7 cm³/mol. The smallest absolute Gasteiger partial charge is 0.431 e. The van der Waals surface area contributed by atoms with Crippen LogP contribution in [0.4, 0.5) is 24.0 Å². The fraction of sp³-hybridized carbons (Fsp3) is 0.636. The van der Waals surface area contributed by atoms with E-state index >= 15 is 0 Å². The highest BCUT2D eigenvalue weighted by molar-refractivity contribution is 5.87. The van der Waals surface area contributed by atoms with Crippen molar-refractivity contribution >= 4 is 12.0 Å². The SMILES string of the molecule is N[C@]12CC[C@H]1CN(C(=O)Nc1nc(C(F)(F)F)co1)C2. The minimum absolute atomic E-state index is 0.267. The molecule has 6 nitrogen and oxygen atoms in total. The van der Waals surface area contributed by atoms with E-state index in [1.807, 2.05) is 0 Å². The van der Waals surface area contributed by atoms with E-state index in [0.29, 0.717) is 19.4 Å². The number of urea groups is 1. The number of oxazole rings is 1. The van der Waals surface area contributed by atoms with Gasteiger partial charge in [-0.15, -0.1) is 0 Å². The van der Waals surface area contributed by atoms with Crippen LogP contribution in [0.25, 0.3) is 0 Å². The second kappa shape index (κ2) is 4.11. The van der Waals surface area contributed by atoms with Gasteiger partial charge in [0.15, 0.2) is 5.69 Å². The van der Waals surface area contributed by atoms with Crippen LogP contribution in [0.1, 0.15) is 18.5 Å². The van der Waals surface area contributed by atoms with Crippen LogP contribution in [0.15, 0.2) is 10.7 Å². The quantitative estimate of drug-likeness (QED) is 0.823. The van der Waals surface area contributed by atoms with E-state index in [1.165, 1.54) is 4.90 Å². The van der Waals surface area contributed by atoms with Crippen molar-refractivity contribution < 1.29 is 22.4 Å². The molecule has 3 N–H and O–H groups in total. The number of fused-ring (bicyclic) bond motifs is 1. The summed E-state index contributed by atoms with van der Waals surface area (Å²) in [5, 5.41) is 2.22. The Morgan fingerprint density at radius 3 is 2.80 bits per heavy atom. The second-order valence-electron chi connectivity index (χ2n) is 5.32. The summed E-state index contributed by atoms with van der Waals surface area (Å²) in [4.78, 5) is 16.6. The lowest BCUT2D eigenvalue weighted by Gasteiger charge is -2.39. The summed E-state index contributed by atoms with van der Waals surface area (Å²) in [7, 11) is 0. The lowest BCUT2D eigenvalue weighted by Crippen LogP contribution is -2.54. The van der Waals surface area contributed by atoms with Crippen molar-refractivity contribution in [2.24, 2.45) is 11.7 Å². The van der Waals surface area contributed by atoms with Crippen LogP contribution in [0.5, 0.6) is 0 Å². The van der Waals surface area contributed by atoms with Crippen molar-refractivity contribution in [3.63, 3.8) is 0 Å². The number of alkyl halides is 3. The van der Waals surface area contributed by atoms with Crippen LogP contribution < -0.4 is 11.1 Å². The topological polar surface area (TPSA) is 84.4 Å². The molecule has 110 valence electrons. The van der Waals surface area contributed by atoms with Gasteiger partial charge in [-0.25, -0.2) is 4.79 Å². The number of rotatable bonds is 1. The maximum Gasteiger partial charge on any atom is 0.436 e. The van der Waals surface area contributed by atoms with E-state index in [-0.39, 0.29) is 11.5 Å². The molecule has 0 unspecified atom stereocenters. The summed E-state index contributed by atoms with van der Waals surface area (Å²) in [6.07, 6.45) is -2.30. The predicted octanol–water partition coefficient (Wildman–Crippen LogP) is 1.65. The van der Waals surface area contributed by atoms with Crippen LogP contribution in [0.3, 0.4) is 0 Å². The Labute approximate surface area is 112 Å². The lowest BCUT2D eigenvalue weighted by atomic mass is 9.70. The minimum Gasteiger partial charge on any atom is -0.431 e. The van der Waals surface area contributed by atoms with Gasteiger partial charge in [0, 0.05) is 18.6 Å². The van der Waals surface area contributed by atoms with Crippen molar-refractivity contribution in [1.29, 1.82) is 0 Å². The summed E-state index contributed by atoms with van der Waals surface area (Å²) in [5.74, 6) is 0.267. The van der Waals surface area contributed by atoms with Gasteiger partial charge in [-0.05, 0) is 18.8 Å². The molecule has 2 amide bonds. The molecule has 1 aromatic rings. The van der Waals surface area contributed by atoms with E-state index < -0.39 is 23.9 Å². The van der Waals surface area contributed by atoms with Crippen LogP contribution in [0, 0.1) is 5.92 Å². The molecule has 2 aliphatic rings. The first kappa shape index (κ1) is 13.2. The highest BCUT2D eigenvalue weighted by atomic mass is 19.4. The second-order valence-corrected chi connectivity index (χ2v) is 5.32. The summed E-state index contributed by atoms with van der Waals surface area (Å²) < 4.78 is 41.6. The lowest BCUT2D eigenvalue weighted by molar-refractivity contribution is -0.141.